The zero-order valence-electron chi connectivity index (χ0n) is 12.0. The van der Waals surface area contributed by atoms with Crippen LogP contribution in [0.5, 0.6) is 0 Å². The molecule has 3 aliphatic heterocycles. The molecule has 0 spiro atoms. The molecule has 0 aromatic rings. The predicted molar refractivity (Wildman–Crippen MR) is 71.4 cm³/mol. The number of carboxylic acid groups (broad SMARTS) is 1. The molecular weight excluding hydrogens is 260 g/mol. The lowest BCUT2D eigenvalue weighted by atomic mass is 9.89. The number of urea groups is 1. The van der Waals surface area contributed by atoms with Gasteiger partial charge < -0.3 is 19.6 Å². The lowest BCUT2D eigenvalue weighted by Crippen LogP contribution is -2.54. The Hall–Kier alpha value is -1.30. The minimum absolute atomic E-state index is 0.00301. The van der Waals surface area contributed by atoms with Crippen molar-refractivity contribution in [2.45, 2.75) is 57.4 Å². The van der Waals surface area contributed by atoms with E-state index in [1.807, 2.05) is 23.6 Å². The second-order valence-corrected chi connectivity index (χ2v) is 6.33. The third-order valence-electron chi connectivity index (χ3n) is 4.77. The van der Waals surface area contributed by atoms with E-state index in [9.17, 15) is 14.7 Å². The number of nitrogens with zero attached hydrogens (tertiary/aromatic N) is 2. The Morgan fingerprint density at radius 2 is 1.80 bits per heavy atom. The summed E-state index contributed by atoms with van der Waals surface area (Å²) in [4.78, 5) is 27.7. The average Bonchev–Trinajstić information content (AvgIpc) is 2.94. The van der Waals surface area contributed by atoms with Crippen LogP contribution in [-0.2, 0) is 9.53 Å². The monoisotopic (exact) mass is 282 g/mol. The van der Waals surface area contributed by atoms with Gasteiger partial charge in [0.15, 0.2) is 0 Å². The van der Waals surface area contributed by atoms with E-state index in [4.69, 9.17) is 4.74 Å². The van der Waals surface area contributed by atoms with Gasteiger partial charge >= 0.3 is 12.0 Å². The highest BCUT2D eigenvalue weighted by Gasteiger charge is 2.52. The molecule has 112 valence electrons. The number of rotatable bonds is 1. The Balaban J connectivity index is 1.73. The number of morpholine rings is 1. The first kappa shape index (κ1) is 13.7. The number of carbonyl (C=O) groups excluding carboxylic acids is 1. The minimum atomic E-state index is -0.765. The number of carbonyl (C=O) groups is 2. The maximum absolute atomic E-state index is 12.7. The number of fused-ring (bicyclic) bond motifs is 2. The quantitative estimate of drug-likeness (QED) is 0.783. The summed E-state index contributed by atoms with van der Waals surface area (Å²) in [5.41, 5.74) is 0. The maximum atomic E-state index is 12.7. The van der Waals surface area contributed by atoms with E-state index in [0.29, 0.717) is 19.5 Å². The summed E-state index contributed by atoms with van der Waals surface area (Å²) in [7, 11) is 0. The second kappa shape index (κ2) is 4.91. The summed E-state index contributed by atoms with van der Waals surface area (Å²) in [5, 5.41) is 9.26. The van der Waals surface area contributed by atoms with Crippen molar-refractivity contribution in [1.82, 2.24) is 9.80 Å². The molecule has 20 heavy (non-hydrogen) atoms. The van der Waals surface area contributed by atoms with Crippen LogP contribution in [0.25, 0.3) is 0 Å². The Labute approximate surface area is 118 Å². The van der Waals surface area contributed by atoms with Gasteiger partial charge in [0.2, 0.25) is 0 Å². The predicted octanol–water partition coefficient (Wildman–Crippen LogP) is 1.15. The van der Waals surface area contributed by atoms with Crippen LogP contribution in [0, 0.1) is 5.92 Å². The number of aliphatic carboxylic acids is 1. The Kier molecular flexibility index (Phi) is 3.36. The number of hydrogen-bond acceptors (Lipinski definition) is 3. The number of ether oxygens (including phenoxy) is 1. The van der Waals surface area contributed by atoms with Gasteiger partial charge in [-0.25, -0.2) is 4.79 Å². The molecule has 3 aliphatic rings. The average molecular weight is 282 g/mol. The Morgan fingerprint density at radius 3 is 2.35 bits per heavy atom. The van der Waals surface area contributed by atoms with Gasteiger partial charge in [-0.3, -0.25) is 4.79 Å². The highest BCUT2D eigenvalue weighted by molar-refractivity contribution is 5.79. The standard InChI is InChI=1S/C14H22N2O4/c1-8-6-15(7-9(2)20-8)14(19)16-10-3-4-12(16)11(5-10)13(17)18/h8-12H,3-7H2,1-2H3,(H,17,18)/t8-,9+,10?,11?,12?. The summed E-state index contributed by atoms with van der Waals surface area (Å²) in [6.07, 6.45) is 2.45. The van der Waals surface area contributed by atoms with Crippen molar-refractivity contribution in [3.05, 3.63) is 0 Å². The molecule has 0 aromatic carbocycles. The van der Waals surface area contributed by atoms with E-state index in [0.717, 1.165) is 12.8 Å². The lowest BCUT2D eigenvalue weighted by Gasteiger charge is -2.38. The highest BCUT2D eigenvalue weighted by atomic mass is 16.5. The van der Waals surface area contributed by atoms with E-state index in [1.54, 1.807) is 0 Å². The molecule has 2 bridgehead atoms. The van der Waals surface area contributed by atoms with Crippen molar-refractivity contribution in [1.29, 1.82) is 0 Å². The zero-order valence-corrected chi connectivity index (χ0v) is 12.0. The van der Waals surface area contributed by atoms with E-state index >= 15 is 0 Å². The van der Waals surface area contributed by atoms with Crippen molar-refractivity contribution < 1.29 is 19.4 Å². The van der Waals surface area contributed by atoms with Gasteiger partial charge in [0.25, 0.3) is 0 Å². The third kappa shape index (κ3) is 2.16. The van der Waals surface area contributed by atoms with Crippen LogP contribution in [-0.4, -0.2) is 64.3 Å². The van der Waals surface area contributed by atoms with Gasteiger partial charge in [0, 0.05) is 25.2 Å². The maximum Gasteiger partial charge on any atom is 0.320 e. The van der Waals surface area contributed by atoms with Gasteiger partial charge in [0.1, 0.15) is 0 Å². The van der Waals surface area contributed by atoms with Gasteiger partial charge in [-0.2, -0.15) is 0 Å². The Bertz CT molecular complexity index is 417. The molecule has 3 heterocycles. The molecule has 1 N–H and O–H groups in total. The topological polar surface area (TPSA) is 70.1 Å². The summed E-state index contributed by atoms with van der Waals surface area (Å²) in [6, 6.07) is 0.00349. The van der Waals surface area contributed by atoms with Crippen LogP contribution in [0.1, 0.15) is 33.1 Å². The van der Waals surface area contributed by atoms with E-state index in [1.165, 1.54) is 0 Å². The van der Waals surface area contributed by atoms with Crippen LogP contribution < -0.4 is 0 Å². The van der Waals surface area contributed by atoms with Crippen LogP contribution >= 0.6 is 0 Å². The summed E-state index contributed by atoms with van der Waals surface area (Å²) in [6.45, 7) is 5.12. The normalized spacial score (nSPS) is 40.2. The molecule has 3 unspecified atom stereocenters. The third-order valence-corrected chi connectivity index (χ3v) is 4.77. The molecule has 3 fully saturated rings. The molecule has 2 amide bonds. The van der Waals surface area contributed by atoms with Crippen molar-refractivity contribution in [2.24, 2.45) is 5.92 Å². The van der Waals surface area contributed by atoms with Crippen LogP contribution in [0.2, 0.25) is 0 Å². The molecule has 6 nitrogen and oxygen atoms in total. The first-order valence-electron chi connectivity index (χ1n) is 7.43. The smallest absolute Gasteiger partial charge is 0.320 e. The van der Waals surface area contributed by atoms with E-state index < -0.39 is 5.97 Å². The van der Waals surface area contributed by atoms with Crippen LogP contribution in [0.15, 0.2) is 0 Å². The fraction of sp³-hybridized carbons (Fsp3) is 0.857. The molecule has 6 heteroatoms. The van der Waals surface area contributed by atoms with Crippen LogP contribution in [0.3, 0.4) is 0 Å². The Morgan fingerprint density at radius 1 is 1.15 bits per heavy atom. The van der Waals surface area contributed by atoms with E-state index in [2.05, 4.69) is 0 Å². The molecule has 0 saturated carbocycles. The lowest BCUT2D eigenvalue weighted by molar-refractivity contribution is -0.142. The van der Waals surface area contributed by atoms with Crippen molar-refractivity contribution in [2.75, 3.05) is 13.1 Å². The SMILES string of the molecule is C[C@@H]1CN(C(=O)N2C3CCC2C(C(=O)O)C3)C[C@H](C)O1. The molecular formula is C14H22N2O4. The van der Waals surface area contributed by atoms with E-state index in [-0.39, 0.29) is 36.2 Å². The zero-order chi connectivity index (χ0) is 14.4. The number of carboxylic acids is 1. The fourth-order valence-electron chi connectivity index (χ4n) is 4.05. The number of hydrogen-bond donors (Lipinski definition) is 1. The summed E-state index contributed by atoms with van der Waals surface area (Å²) < 4.78 is 5.65. The minimum Gasteiger partial charge on any atom is -0.481 e. The van der Waals surface area contributed by atoms with Gasteiger partial charge in [-0.1, -0.05) is 0 Å². The van der Waals surface area contributed by atoms with Crippen molar-refractivity contribution >= 4 is 12.0 Å². The highest BCUT2D eigenvalue weighted by Crippen LogP contribution is 2.42. The molecule has 3 rings (SSSR count). The second-order valence-electron chi connectivity index (χ2n) is 6.33. The largest absolute Gasteiger partial charge is 0.481 e. The van der Waals surface area contributed by atoms with Crippen molar-refractivity contribution in [3.63, 3.8) is 0 Å². The molecule has 0 aliphatic carbocycles. The summed E-state index contributed by atoms with van der Waals surface area (Å²) in [5.74, 6) is -1.15. The fourth-order valence-corrected chi connectivity index (χ4v) is 4.05. The van der Waals surface area contributed by atoms with Crippen LogP contribution in [0.4, 0.5) is 4.79 Å². The molecule has 0 aromatic heterocycles. The number of amides is 2. The first-order chi connectivity index (χ1) is 9.47. The van der Waals surface area contributed by atoms with Gasteiger partial charge in [-0.05, 0) is 33.1 Å². The van der Waals surface area contributed by atoms with Crippen molar-refractivity contribution in [3.8, 4) is 0 Å². The molecule has 0 radical (unpaired) electrons. The van der Waals surface area contributed by atoms with Gasteiger partial charge in [-0.15, -0.1) is 0 Å². The summed E-state index contributed by atoms with van der Waals surface area (Å²) >= 11 is 0. The van der Waals surface area contributed by atoms with Gasteiger partial charge in [0.05, 0.1) is 18.1 Å². The first-order valence-corrected chi connectivity index (χ1v) is 7.43. The molecule has 3 saturated heterocycles. The molecule has 5 atom stereocenters.